The second-order valence-corrected chi connectivity index (χ2v) is 10.2. The van der Waals surface area contributed by atoms with Crippen molar-refractivity contribution < 1.29 is 24.5 Å². The molecule has 3 rings (SSSR count). The largest absolute Gasteiger partial charge is 0.496 e. The number of aliphatic hydroxyl groups excluding tert-OH is 2. The minimum absolute atomic E-state index is 0.0115. The number of thiophene rings is 1. The van der Waals surface area contributed by atoms with E-state index in [0.29, 0.717) is 29.8 Å². The summed E-state index contributed by atoms with van der Waals surface area (Å²) in [6.07, 6.45) is 4.29. The molecule has 6 heteroatoms. The van der Waals surface area contributed by atoms with Gasteiger partial charge in [-0.2, -0.15) is 0 Å². The summed E-state index contributed by atoms with van der Waals surface area (Å²) in [6, 6.07) is 5.46. The van der Waals surface area contributed by atoms with Crippen LogP contribution in [0.1, 0.15) is 64.9 Å². The zero-order valence-corrected chi connectivity index (χ0v) is 19.8. The van der Waals surface area contributed by atoms with E-state index in [-0.39, 0.29) is 19.0 Å². The van der Waals surface area contributed by atoms with Gasteiger partial charge >= 0.3 is 0 Å². The number of rotatable bonds is 10. The number of fused-ring (bicyclic) bond motifs is 1. The van der Waals surface area contributed by atoms with E-state index in [0.717, 1.165) is 36.1 Å². The Balaban J connectivity index is 1.70. The molecule has 5 nitrogen and oxygen atoms in total. The van der Waals surface area contributed by atoms with E-state index in [4.69, 9.17) is 14.6 Å². The quantitative estimate of drug-likeness (QED) is 0.530. The van der Waals surface area contributed by atoms with E-state index in [1.54, 1.807) is 30.6 Å². The molecule has 0 fully saturated rings. The van der Waals surface area contributed by atoms with Crippen molar-refractivity contribution >= 4 is 17.1 Å². The van der Waals surface area contributed by atoms with Crippen LogP contribution in [0.5, 0.6) is 11.5 Å². The van der Waals surface area contributed by atoms with E-state index in [9.17, 15) is 9.90 Å². The molecule has 0 saturated heterocycles. The van der Waals surface area contributed by atoms with Crippen LogP contribution >= 0.6 is 11.3 Å². The SMILES string of the molecule is CCc1sc(C(=O)CCc2ccc(OCC(O)CO)cc2OC)c2c1CC(C)(C)CC2. The number of ketones is 1. The Morgan fingerprint density at radius 1 is 1.29 bits per heavy atom. The number of aryl methyl sites for hydroxylation is 2. The second-order valence-electron chi connectivity index (χ2n) is 9.05. The van der Waals surface area contributed by atoms with Crippen molar-refractivity contribution in [3.8, 4) is 11.5 Å². The lowest BCUT2D eigenvalue weighted by atomic mass is 9.74. The van der Waals surface area contributed by atoms with Crippen molar-refractivity contribution in [3.05, 3.63) is 44.6 Å². The number of methoxy groups -OCH3 is 1. The molecule has 0 aliphatic heterocycles. The molecule has 0 radical (unpaired) electrons. The van der Waals surface area contributed by atoms with Crippen LogP contribution in [0.3, 0.4) is 0 Å². The van der Waals surface area contributed by atoms with Crippen molar-refractivity contribution in [3.63, 3.8) is 0 Å². The summed E-state index contributed by atoms with van der Waals surface area (Å²) in [5, 5.41) is 18.3. The highest BCUT2D eigenvalue weighted by Crippen LogP contribution is 2.42. The minimum Gasteiger partial charge on any atom is -0.496 e. The predicted octanol–water partition coefficient (Wildman–Crippen LogP) is 4.38. The van der Waals surface area contributed by atoms with Gasteiger partial charge in [-0.15, -0.1) is 11.3 Å². The predicted molar refractivity (Wildman–Crippen MR) is 124 cm³/mol. The molecule has 1 aliphatic carbocycles. The molecule has 1 aromatic carbocycles. The summed E-state index contributed by atoms with van der Waals surface area (Å²) in [4.78, 5) is 15.5. The Kier molecular flexibility index (Phi) is 7.78. The molecule has 0 saturated carbocycles. The van der Waals surface area contributed by atoms with Crippen molar-refractivity contribution in [2.75, 3.05) is 20.3 Å². The van der Waals surface area contributed by atoms with Crippen LogP contribution in [0, 0.1) is 5.41 Å². The minimum atomic E-state index is -0.918. The third-order valence-electron chi connectivity index (χ3n) is 6.01. The average Bonchev–Trinajstić information content (AvgIpc) is 3.12. The third-order valence-corrected chi connectivity index (χ3v) is 7.47. The molecule has 0 spiro atoms. The molecular formula is C25H34O5S. The molecule has 2 aromatic rings. The fourth-order valence-electron chi connectivity index (χ4n) is 4.19. The Labute approximate surface area is 189 Å². The number of ether oxygens (including phenoxy) is 2. The number of hydrogen-bond donors (Lipinski definition) is 2. The molecule has 170 valence electrons. The van der Waals surface area contributed by atoms with Gasteiger partial charge in [-0.1, -0.05) is 26.8 Å². The van der Waals surface area contributed by atoms with Crippen molar-refractivity contribution in [1.29, 1.82) is 0 Å². The first kappa shape index (κ1) is 23.8. The lowest BCUT2D eigenvalue weighted by Gasteiger charge is -2.30. The van der Waals surface area contributed by atoms with E-state index in [2.05, 4.69) is 20.8 Å². The third kappa shape index (κ3) is 5.68. The Hall–Kier alpha value is -1.89. The molecule has 2 N–H and O–H groups in total. The van der Waals surface area contributed by atoms with Gasteiger partial charge in [0.05, 0.1) is 18.6 Å². The number of carbonyl (C=O) groups excluding carboxylic acids is 1. The van der Waals surface area contributed by atoms with Crippen molar-refractivity contribution in [1.82, 2.24) is 0 Å². The van der Waals surface area contributed by atoms with Gasteiger partial charge in [0.1, 0.15) is 24.2 Å². The van der Waals surface area contributed by atoms with Crippen LogP contribution in [-0.2, 0) is 25.7 Å². The fourth-order valence-corrected chi connectivity index (χ4v) is 5.46. The maximum atomic E-state index is 13.2. The van der Waals surface area contributed by atoms with Crippen LogP contribution in [0.2, 0.25) is 0 Å². The second kappa shape index (κ2) is 10.2. The Morgan fingerprint density at radius 2 is 2.06 bits per heavy atom. The summed E-state index contributed by atoms with van der Waals surface area (Å²) in [7, 11) is 1.60. The maximum Gasteiger partial charge on any atom is 0.173 e. The molecule has 1 unspecified atom stereocenters. The van der Waals surface area contributed by atoms with Gasteiger partial charge in [-0.05, 0) is 60.3 Å². The van der Waals surface area contributed by atoms with E-state index >= 15 is 0 Å². The van der Waals surface area contributed by atoms with Gasteiger partial charge in [0.25, 0.3) is 0 Å². The van der Waals surface area contributed by atoms with Crippen LogP contribution in [0.15, 0.2) is 18.2 Å². The number of benzene rings is 1. The summed E-state index contributed by atoms with van der Waals surface area (Å²) in [6.45, 7) is 6.48. The summed E-state index contributed by atoms with van der Waals surface area (Å²) < 4.78 is 11.0. The first-order chi connectivity index (χ1) is 14.8. The highest BCUT2D eigenvalue weighted by atomic mass is 32.1. The monoisotopic (exact) mass is 446 g/mol. The Morgan fingerprint density at radius 3 is 2.74 bits per heavy atom. The lowest BCUT2D eigenvalue weighted by molar-refractivity contribution is 0.0535. The molecule has 1 aromatic heterocycles. The topological polar surface area (TPSA) is 76.0 Å². The summed E-state index contributed by atoms with van der Waals surface area (Å²) in [5.41, 5.74) is 3.98. The highest BCUT2D eigenvalue weighted by Gasteiger charge is 2.31. The van der Waals surface area contributed by atoms with Crippen molar-refractivity contribution in [2.45, 2.75) is 65.4 Å². The molecule has 0 amide bonds. The number of carbonyl (C=O) groups is 1. The lowest BCUT2D eigenvalue weighted by Crippen LogP contribution is -2.22. The van der Waals surface area contributed by atoms with Crippen molar-refractivity contribution in [2.24, 2.45) is 5.41 Å². The highest BCUT2D eigenvalue weighted by molar-refractivity contribution is 7.14. The van der Waals surface area contributed by atoms with Gasteiger partial charge < -0.3 is 19.7 Å². The standard InChI is InChI=1S/C25H34O5S/c1-5-23-20-13-25(2,3)11-10-19(20)24(31-23)21(28)9-7-16-6-8-18(12-22(16)29-4)30-15-17(27)14-26/h6,8,12,17,26-27H,5,7,9-11,13-15H2,1-4H3. The Bertz CT molecular complexity index is 915. The van der Waals surface area contributed by atoms with Crippen LogP contribution in [0.4, 0.5) is 0 Å². The molecule has 1 aliphatic rings. The maximum absolute atomic E-state index is 13.2. The average molecular weight is 447 g/mol. The van der Waals surface area contributed by atoms with E-state index in [1.807, 2.05) is 6.07 Å². The zero-order chi connectivity index (χ0) is 22.6. The molecule has 31 heavy (non-hydrogen) atoms. The van der Waals surface area contributed by atoms with Gasteiger partial charge in [-0.3, -0.25) is 4.79 Å². The fraction of sp³-hybridized carbons (Fsp3) is 0.560. The van der Waals surface area contributed by atoms with Gasteiger partial charge in [-0.25, -0.2) is 0 Å². The van der Waals surface area contributed by atoms with Crippen LogP contribution in [0.25, 0.3) is 0 Å². The van der Waals surface area contributed by atoms with Gasteiger partial charge in [0, 0.05) is 17.4 Å². The number of Topliss-reactive ketones (excluding diaryl/α,β-unsaturated/α-hetero) is 1. The first-order valence-electron chi connectivity index (χ1n) is 11.0. The molecule has 1 heterocycles. The molecule has 1 atom stereocenters. The normalized spacial score (nSPS) is 15.9. The van der Waals surface area contributed by atoms with Crippen LogP contribution < -0.4 is 9.47 Å². The van der Waals surface area contributed by atoms with E-state index < -0.39 is 6.10 Å². The van der Waals surface area contributed by atoms with Crippen LogP contribution in [-0.4, -0.2) is 42.4 Å². The first-order valence-corrected chi connectivity index (χ1v) is 11.8. The summed E-state index contributed by atoms with van der Waals surface area (Å²) >= 11 is 1.70. The molecular weight excluding hydrogens is 412 g/mol. The van der Waals surface area contributed by atoms with Gasteiger partial charge in [0.2, 0.25) is 0 Å². The zero-order valence-electron chi connectivity index (χ0n) is 19.0. The van der Waals surface area contributed by atoms with Gasteiger partial charge in [0.15, 0.2) is 5.78 Å². The molecule has 0 bridgehead atoms. The smallest absolute Gasteiger partial charge is 0.173 e. The van der Waals surface area contributed by atoms with E-state index in [1.165, 1.54) is 16.0 Å². The number of hydrogen-bond acceptors (Lipinski definition) is 6. The number of aliphatic hydroxyl groups is 2. The summed E-state index contributed by atoms with van der Waals surface area (Å²) in [5.74, 6) is 1.43.